The van der Waals surface area contributed by atoms with Gasteiger partial charge in [-0.05, 0) is 24.1 Å². The van der Waals surface area contributed by atoms with Crippen molar-refractivity contribution in [2.75, 3.05) is 0 Å². The summed E-state index contributed by atoms with van der Waals surface area (Å²) >= 11 is 1.56. The number of hydrogen-bond acceptors (Lipinski definition) is 3. The molecule has 2 heterocycles. The summed E-state index contributed by atoms with van der Waals surface area (Å²) in [7, 11) is 0. The molecule has 0 amide bonds. The van der Waals surface area contributed by atoms with Gasteiger partial charge in [-0.1, -0.05) is 90.5 Å². The zero-order valence-electron chi connectivity index (χ0n) is 17.6. The fraction of sp³-hybridized carbons (Fsp3) is 0.0714. The van der Waals surface area contributed by atoms with Crippen LogP contribution in [0.5, 0.6) is 0 Å². The molecule has 0 aliphatic rings. The molecule has 4 heteroatoms. The van der Waals surface area contributed by atoms with Crippen LogP contribution < -0.4 is 5.56 Å². The molecule has 156 valence electrons. The van der Waals surface area contributed by atoms with Gasteiger partial charge in [0.15, 0.2) is 5.78 Å². The molecule has 0 spiro atoms. The molecule has 0 radical (unpaired) electrons. The summed E-state index contributed by atoms with van der Waals surface area (Å²) in [5.74, 6) is -0.128. The van der Waals surface area contributed by atoms with Gasteiger partial charge in [0.05, 0.1) is 16.8 Å². The molecule has 5 aromatic rings. The van der Waals surface area contributed by atoms with Crippen LogP contribution >= 0.6 is 11.3 Å². The van der Waals surface area contributed by atoms with Gasteiger partial charge in [-0.15, -0.1) is 11.3 Å². The van der Waals surface area contributed by atoms with Crippen LogP contribution in [0.25, 0.3) is 20.7 Å². The maximum atomic E-state index is 13.3. The molecular weight excluding hydrogens is 414 g/mol. The van der Waals surface area contributed by atoms with Gasteiger partial charge in [-0.2, -0.15) is 0 Å². The summed E-state index contributed by atoms with van der Waals surface area (Å²) in [4.78, 5) is 27.6. The van der Waals surface area contributed by atoms with Crippen LogP contribution in [0.4, 0.5) is 0 Å². The molecule has 0 saturated carbocycles. The fourth-order valence-electron chi connectivity index (χ4n) is 3.86. The summed E-state index contributed by atoms with van der Waals surface area (Å²) < 4.78 is 2.60. The predicted molar refractivity (Wildman–Crippen MR) is 132 cm³/mol. The Balaban J connectivity index is 1.72. The smallest absolute Gasteiger partial charge is 0.252 e. The van der Waals surface area contributed by atoms with Crippen LogP contribution in [0.1, 0.15) is 27.0 Å². The Morgan fingerprint density at radius 1 is 0.844 bits per heavy atom. The fourth-order valence-corrected chi connectivity index (χ4v) is 5.04. The van der Waals surface area contributed by atoms with Gasteiger partial charge in [0.25, 0.3) is 5.56 Å². The number of nitrogens with zero attached hydrogens (tertiary/aromatic N) is 1. The number of ketones is 1. The minimum atomic E-state index is -0.172. The van der Waals surface area contributed by atoms with E-state index in [4.69, 9.17) is 0 Å². The molecule has 32 heavy (non-hydrogen) atoms. The minimum absolute atomic E-state index is 0.128. The second kappa shape index (κ2) is 8.40. The maximum absolute atomic E-state index is 13.3. The number of thiophene rings is 1. The monoisotopic (exact) mass is 435 g/mol. The lowest BCUT2D eigenvalue weighted by Gasteiger charge is -2.10. The van der Waals surface area contributed by atoms with E-state index in [0.29, 0.717) is 17.7 Å². The highest BCUT2D eigenvalue weighted by Crippen LogP contribution is 2.36. The van der Waals surface area contributed by atoms with E-state index in [-0.39, 0.29) is 11.3 Å². The van der Waals surface area contributed by atoms with Crippen LogP contribution in [0.3, 0.4) is 0 Å². The van der Waals surface area contributed by atoms with Crippen LogP contribution in [0, 0.1) is 6.92 Å². The number of carbonyl (C=O) groups is 1. The number of carbonyl (C=O) groups excluding carboxylic acids is 1. The Morgan fingerprint density at radius 3 is 2.19 bits per heavy atom. The number of pyridine rings is 1. The van der Waals surface area contributed by atoms with Crippen molar-refractivity contribution in [1.82, 2.24) is 4.57 Å². The SMILES string of the molecule is Cc1ccc(-c2cc3c(s2)c(C(=O)c2ccccc2)cc(=O)n3Cc2ccccc2)cc1. The Morgan fingerprint density at radius 2 is 1.50 bits per heavy atom. The first-order chi connectivity index (χ1) is 15.6. The van der Waals surface area contributed by atoms with Gasteiger partial charge in [-0.3, -0.25) is 9.59 Å². The Kier molecular flexibility index (Phi) is 5.29. The Hall–Kier alpha value is -3.76. The van der Waals surface area contributed by atoms with Crippen molar-refractivity contribution in [3.05, 3.63) is 130 Å². The molecule has 0 bridgehead atoms. The molecule has 0 aliphatic carbocycles. The summed E-state index contributed by atoms with van der Waals surface area (Å²) in [5.41, 5.74) is 4.98. The van der Waals surface area contributed by atoms with Crippen molar-refractivity contribution >= 4 is 27.3 Å². The molecule has 5 rings (SSSR count). The number of aromatic nitrogens is 1. The molecule has 3 aromatic carbocycles. The van der Waals surface area contributed by atoms with Crippen molar-refractivity contribution in [2.24, 2.45) is 0 Å². The molecule has 0 aliphatic heterocycles. The topological polar surface area (TPSA) is 39.1 Å². The normalized spacial score (nSPS) is 11.0. The van der Waals surface area contributed by atoms with Crippen molar-refractivity contribution < 1.29 is 4.79 Å². The third kappa shape index (κ3) is 3.81. The molecule has 0 fully saturated rings. The van der Waals surface area contributed by atoms with Crippen LogP contribution in [0.2, 0.25) is 0 Å². The second-order valence-corrected chi connectivity index (χ2v) is 8.91. The summed E-state index contributed by atoms with van der Waals surface area (Å²) in [6.07, 6.45) is 0. The molecule has 0 atom stereocenters. The Labute approximate surface area is 190 Å². The number of aryl methyl sites for hydroxylation is 1. The quantitative estimate of drug-likeness (QED) is 0.303. The van der Waals surface area contributed by atoms with E-state index in [9.17, 15) is 9.59 Å². The first kappa shape index (κ1) is 20.2. The molecule has 3 nitrogen and oxygen atoms in total. The molecule has 0 unspecified atom stereocenters. The van der Waals surface area contributed by atoms with E-state index in [0.717, 1.165) is 26.2 Å². The highest BCUT2D eigenvalue weighted by molar-refractivity contribution is 7.22. The van der Waals surface area contributed by atoms with Crippen molar-refractivity contribution in [1.29, 1.82) is 0 Å². The zero-order chi connectivity index (χ0) is 22.1. The highest BCUT2D eigenvalue weighted by Gasteiger charge is 2.19. The lowest BCUT2D eigenvalue weighted by atomic mass is 10.0. The molecular formula is C28H21NO2S. The van der Waals surface area contributed by atoms with E-state index < -0.39 is 0 Å². The number of rotatable bonds is 5. The van der Waals surface area contributed by atoms with Gasteiger partial charge >= 0.3 is 0 Å². The van der Waals surface area contributed by atoms with E-state index >= 15 is 0 Å². The van der Waals surface area contributed by atoms with Crippen molar-refractivity contribution in [3.8, 4) is 10.4 Å². The summed E-state index contributed by atoms with van der Waals surface area (Å²) in [5, 5.41) is 0. The van der Waals surface area contributed by atoms with Crippen LogP contribution in [0.15, 0.2) is 102 Å². The van der Waals surface area contributed by atoms with E-state index in [1.807, 2.05) is 54.6 Å². The maximum Gasteiger partial charge on any atom is 0.252 e. The third-order valence-corrected chi connectivity index (χ3v) is 6.79. The average Bonchev–Trinajstić information content (AvgIpc) is 3.27. The Bertz CT molecular complexity index is 1460. The van der Waals surface area contributed by atoms with E-state index in [2.05, 4.69) is 31.2 Å². The van der Waals surface area contributed by atoms with Crippen molar-refractivity contribution in [2.45, 2.75) is 13.5 Å². The molecule has 0 saturated heterocycles. The standard InChI is InChI=1S/C28H21NO2S/c1-19-12-14-21(15-13-19)25-17-24-28(32-25)23(27(31)22-10-6-3-7-11-22)16-26(30)29(24)18-20-8-4-2-5-9-20/h2-17H,18H2,1H3. The second-order valence-electron chi connectivity index (χ2n) is 7.85. The van der Waals surface area contributed by atoms with Gasteiger partial charge in [0, 0.05) is 22.1 Å². The van der Waals surface area contributed by atoms with Gasteiger partial charge < -0.3 is 4.57 Å². The lowest BCUT2D eigenvalue weighted by molar-refractivity contribution is 0.104. The first-order valence-electron chi connectivity index (χ1n) is 10.5. The van der Waals surface area contributed by atoms with E-state index in [1.165, 1.54) is 11.6 Å². The summed E-state index contributed by atoms with van der Waals surface area (Å²) in [6.45, 7) is 2.52. The van der Waals surface area contributed by atoms with Gasteiger partial charge in [0.1, 0.15) is 0 Å². The van der Waals surface area contributed by atoms with Crippen LogP contribution in [-0.2, 0) is 6.54 Å². The highest BCUT2D eigenvalue weighted by atomic mass is 32.1. The minimum Gasteiger partial charge on any atom is -0.303 e. The third-order valence-electron chi connectivity index (χ3n) is 5.58. The van der Waals surface area contributed by atoms with Crippen molar-refractivity contribution in [3.63, 3.8) is 0 Å². The van der Waals surface area contributed by atoms with Gasteiger partial charge in [-0.25, -0.2) is 0 Å². The molecule has 0 N–H and O–H groups in total. The number of benzene rings is 3. The number of hydrogen-bond donors (Lipinski definition) is 0. The zero-order valence-corrected chi connectivity index (χ0v) is 18.4. The predicted octanol–water partition coefficient (Wildman–Crippen LogP) is 6.32. The van der Waals surface area contributed by atoms with E-state index in [1.54, 1.807) is 28.0 Å². The first-order valence-corrected chi connectivity index (χ1v) is 11.3. The van der Waals surface area contributed by atoms with Gasteiger partial charge in [0.2, 0.25) is 0 Å². The summed E-state index contributed by atoms with van der Waals surface area (Å²) in [6, 6.07) is 30.9. The lowest BCUT2D eigenvalue weighted by Crippen LogP contribution is -2.22. The van der Waals surface area contributed by atoms with Crippen LogP contribution in [-0.4, -0.2) is 10.4 Å². The number of fused-ring (bicyclic) bond motifs is 1. The largest absolute Gasteiger partial charge is 0.303 e. The molecule has 2 aromatic heterocycles. The average molecular weight is 436 g/mol.